The van der Waals surface area contributed by atoms with Crippen LogP contribution in [0.25, 0.3) is 10.4 Å². The SMILES string of the molecule is Cc1cc(Nc2nccc(C(F)(F)F)n2)cc(-c2cnc(C(=O)NCc3cnn(C)c3)s2)c1. The van der Waals surface area contributed by atoms with E-state index in [0.29, 0.717) is 17.2 Å². The zero-order chi connectivity index (χ0) is 23.6. The molecule has 8 nitrogen and oxygen atoms in total. The van der Waals surface area contributed by atoms with Crippen LogP contribution in [-0.2, 0) is 19.8 Å². The zero-order valence-corrected chi connectivity index (χ0v) is 18.3. The number of halogens is 3. The number of hydrogen-bond donors (Lipinski definition) is 2. The molecular formula is C21H18F3N7OS. The summed E-state index contributed by atoms with van der Waals surface area (Å²) in [4.78, 5) is 24.8. The molecule has 3 aromatic heterocycles. The van der Waals surface area contributed by atoms with Gasteiger partial charge in [0.25, 0.3) is 5.91 Å². The number of amides is 1. The summed E-state index contributed by atoms with van der Waals surface area (Å²) in [5.74, 6) is -0.473. The molecule has 4 aromatic rings. The van der Waals surface area contributed by atoms with Crippen LogP contribution in [0.2, 0.25) is 0 Å². The Bertz CT molecular complexity index is 1300. The second-order valence-corrected chi connectivity index (χ2v) is 8.24. The van der Waals surface area contributed by atoms with Gasteiger partial charge in [-0.1, -0.05) is 6.07 Å². The molecule has 0 saturated carbocycles. The molecule has 0 aliphatic heterocycles. The van der Waals surface area contributed by atoms with E-state index in [4.69, 9.17) is 0 Å². The molecule has 0 saturated heterocycles. The Morgan fingerprint density at radius 2 is 2.00 bits per heavy atom. The minimum Gasteiger partial charge on any atom is -0.346 e. The molecule has 0 fully saturated rings. The number of rotatable bonds is 6. The summed E-state index contributed by atoms with van der Waals surface area (Å²) in [7, 11) is 1.79. The number of benzene rings is 1. The van der Waals surface area contributed by atoms with Crippen LogP contribution in [0.4, 0.5) is 24.8 Å². The highest BCUT2D eigenvalue weighted by Gasteiger charge is 2.32. The fraction of sp³-hybridized carbons (Fsp3) is 0.190. The first-order valence-corrected chi connectivity index (χ1v) is 10.5. The van der Waals surface area contributed by atoms with Gasteiger partial charge in [-0.15, -0.1) is 11.3 Å². The van der Waals surface area contributed by atoms with Crippen molar-refractivity contribution in [2.24, 2.45) is 7.05 Å². The van der Waals surface area contributed by atoms with E-state index in [1.54, 1.807) is 36.3 Å². The molecule has 33 heavy (non-hydrogen) atoms. The minimum atomic E-state index is -4.56. The van der Waals surface area contributed by atoms with Crippen LogP contribution in [0.1, 0.15) is 26.6 Å². The maximum Gasteiger partial charge on any atom is 0.433 e. The van der Waals surface area contributed by atoms with Crippen molar-refractivity contribution < 1.29 is 18.0 Å². The van der Waals surface area contributed by atoms with Crippen LogP contribution in [0.5, 0.6) is 0 Å². The number of aromatic nitrogens is 5. The Balaban J connectivity index is 1.50. The predicted octanol–water partition coefficient (Wildman–Crippen LogP) is 4.33. The summed E-state index contributed by atoms with van der Waals surface area (Å²) in [5.41, 5.74) is 1.97. The molecule has 3 heterocycles. The van der Waals surface area contributed by atoms with Gasteiger partial charge in [-0.2, -0.15) is 18.3 Å². The number of thiazole rings is 1. The Morgan fingerprint density at radius 1 is 1.18 bits per heavy atom. The summed E-state index contributed by atoms with van der Waals surface area (Å²) in [6.07, 6.45) is 1.55. The van der Waals surface area contributed by atoms with Crippen molar-refractivity contribution >= 4 is 28.9 Å². The van der Waals surface area contributed by atoms with Gasteiger partial charge >= 0.3 is 6.18 Å². The van der Waals surface area contributed by atoms with Crippen molar-refractivity contribution in [1.29, 1.82) is 0 Å². The van der Waals surface area contributed by atoms with Crippen LogP contribution >= 0.6 is 11.3 Å². The van der Waals surface area contributed by atoms with Crippen LogP contribution in [-0.4, -0.2) is 30.6 Å². The van der Waals surface area contributed by atoms with Gasteiger partial charge in [0.05, 0.1) is 11.1 Å². The number of carbonyl (C=O) groups excluding carboxylic acids is 1. The zero-order valence-electron chi connectivity index (χ0n) is 17.5. The first-order chi connectivity index (χ1) is 15.7. The normalized spacial score (nSPS) is 11.4. The third-order valence-corrected chi connectivity index (χ3v) is 5.52. The van der Waals surface area contributed by atoms with Crippen LogP contribution in [0.15, 0.2) is 49.1 Å². The highest BCUT2D eigenvalue weighted by atomic mass is 32.1. The van der Waals surface area contributed by atoms with Gasteiger partial charge in [0.2, 0.25) is 5.95 Å². The quantitative estimate of drug-likeness (QED) is 0.433. The minimum absolute atomic E-state index is 0.166. The van der Waals surface area contributed by atoms with E-state index in [1.807, 2.05) is 19.2 Å². The molecule has 1 aromatic carbocycles. The largest absolute Gasteiger partial charge is 0.433 e. The smallest absolute Gasteiger partial charge is 0.346 e. The average Bonchev–Trinajstić information content (AvgIpc) is 3.40. The standard InChI is InChI=1S/C21H18F3N7OS/c1-12-5-14(7-15(6-12)29-20-25-4-3-17(30-20)21(22,23)24)16-10-27-19(33-16)18(32)26-8-13-9-28-31(2)11-13/h3-7,9-11H,8H2,1-2H3,(H,26,32)(H,25,29,30). The van der Waals surface area contributed by atoms with Crippen molar-refractivity contribution in [3.05, 3.63) is 70.9 Å². The lowest BCUT2D eigenvalue weighted by Gasteiger charge is -2.10. The van der Waals surface area contributed by atoms with E-state index < -0.39 is 11.9 Å². The van der Waals surface area contributed by atoms with Crippen molar-refractivity contribution in [3.8, 4) is 10.4 Å². The molecule has 2 N–H and O–H groups in total. The van der Waals surface area contributed by atoms with E-state index >= 15 is 0 Å². The van der Waals surface area contributed by atoms with Crippen molar-refractivity contribution in [2.45, 2.75) is 19.6 Å². The van der Waals surface area contributed by atoms with Gasteiger partial charge < -0.3 is 10.6 Å². The third kappa shape index (κ3) is 5.52. The Morgan fingerprint density at radius 3 is 2.73 bits per heavy atom. The molecule has 12 heteroatoms. The van der Waals surface area contributed by atoms with E-state index in [-0.39, 0.29) is 11.9 Å². The molecule has 0 atom stereocenters. The molecule has 0 spiro atoms. The van der Waals surface area contributed by atoms with E-state index in [2.05, 4.69) is 30.7 Å². The highest BCUT2D eigenvalue weighted by molar-refractivity contribution is 7.17. The third-order valence-electron chi connectivity index (χ3n) is 4.48. The first kappa shape index (κ1) is 22.4. The van der Waals surface area contributed by atoms with E-state index in [1.165, 1.54) is 11.3 Å². The second-order valence-electron chi connectivity index (χ2n) is 7.21. The lowest BCUT2D eigenvalue weighted by atomic mass is 10.1. The molecule has 170 valence electrons. The topological polar surface area (TPSA) is 97.6 Å². The van der Waals surface area contributed by atoms with E-state index in [9.17, 15) is 18.0 Å². The predicted molar refractivity (Wildman–Crippen MR) is 117 cm³/mol. The molecule has 0 unspecified atom stereocenters. The number of nitrogens with one attached hydrogen (secondary N) is 2. The van der Waals surface area contributed by atoms with Gasteiger partial charge in [0.15, 0.2) is 5.01 Å². The molecular weight excluding hydrogens is 455 g/mol. The molecule has 0 bridgehead atoms. The maximum atomic E-state index is 12.9. The molecule has 0 aliphatic carbocycles. The number of anilines is 2. The fourth-order valence-corrected chi connectivity index (χ4v) is 3.86. The molecule has 4 rings (SSSR count). The van der Waals surface area contributed by atoms with Crippen LogP contribution in [0.3, 0.4) is 0 Å². The fourth-order valence-electron chi connectivity index (χ4n) is 3.04. The summed E-state index contributed by atoms with van der Waals surface area (Å²) in [6, 6.07) is 6.20. The second kappa shape index (κ2) is 8.98. The van der Waals surface area contributed by atoms with Crippen LogP contribution in [0, 0.1) is 6.92 Å². The highest BCUT2D eigenvalue weighted by Crippen LogP contribution is 2.31. The molecule has 0 radical (unpaired) electrons. The first-order valence-electron chi connectivity index (χ1n) is 9.68. The number of alkyl halides is 3. The number of aryl methyl sites for hydroxylation is 2. The Labute approximate surface area is 190 Å². The van der Waals surface area contributed by atoms with Crippen LogP contribution < -0.4 is 10.6 Å². The molecule has 0 aliphatic rings. The summed E-state index contributed by atoms with van der Waals surface area (Å²) < 4.78 is 40.4. The van der Waals surface area contributed by atoms with E-state index in [0.717, 1.165) is 33.8 Å². The van der Waals surface area contributed by atoms with Gasteiger partial charge in [0, 0.05) is 43.4 Å². The lowest BCUT2D eigenvalue weighted by molar-refractivity contribution is -0.141. The number of carbonyl (C=O) groups is 1. The summed E-state index contributed by atoms with van der Waals surface area (Å²) >= 11 is 1.21. The van der Waals surface area contributed by atoms with Crippen molar-refractivity contribution in [1.82, 2.24) is 30.0 Å². The number of hydrogen-bond acceptors (Lipinski definition) is 7. The summed E-state index contributed by atoms with van der Waals surface area (Å²) in [6.45, 7) is 2.18. The average molecular weight is 473 g/mol. The van der Waals surface area contributed by atoms with Gasteiger partial charge in [-0.3, -0.25) is 9.48 Å². The lowest BCUT2D eigenvalue weighted by Crippen LogP contribution is -2.22. The van der Waals surface area contributed by atoms with Gasteiger partial charge in [-0.05, 0) is 36.2 Å². The number of nitrogens with zero attached hydrogens (tertiary/aromatic N) is 5. The molecule has 1 amide bonds. The maximum absolute atomic E-state index is 12.9. The monoisotopic (exact) mass is 473 g/mol. The Hall–Kier alpha value is -3.80. The van der Waals surface area contributed by atoms with Crippen molar-refractivity contribution in [3.63, 3.8) is 0 Å². The van der Waals surface area contributed by atoms with Gasteiger partial charge in [-0.25, -0.2) is 15.0 Å². The van der Waals surface area contributed by atoms with Gasteiger partial charge in [0.1, 0.15) is 5.69 Å². The Kier molecular flexibility index (Phi) is 6.09. The van der Waals surface area contributed by atoms with Crippen molar-refractivity contribution in [2.75, 3.05) is 5.32 Å². The summed E-state index contributed by atoms with van der Waals surface area (Å²) in [5, 5.41) is 9.97.